The van der Waals surface area contributed by atoms with Crippen LogP contribution < -0.4 is 10.6 Å². The third-order valence-corrected chi connectivity index (χ3v) is 3.21. The molecule has 0 spiro atoms. The van der Waals surface area contributed by atoms with Crippen LogP contribution in [0.3, 0.4) is 0 Å². The molecule has 0 unspecified atom stereocenters. The van der Waals surface area contributed by atoms with E-state index in [1.807, 2.05) is 0 Å². The Morgan fingerprint density at radius 3 is 2.50 bits per heavy atom. The van der Waals surface area contributed by atoms with Gasteiger partial charge >= 0.3 is 0 Å². The molecule has 0 aliphatic heterocycles. The average molecular weight is 320 g/mol. The van der Waals surface area contributed by atoms with Gasteiger partial charge in [-0.3, -0.25) is 0 Å². The summed E-state index contributed by atoms with van der Waals surface area (Å²) in [6, 6.07) is 15.2. The van der Waals surface area contributed by atoms with Gasteiger partial charge in [0, 0.05) is 12.2 Å². The summed E-state index contributed by atoms with van der Waals surface area (Å²) in [6.45, 7) is 0.461. The third-order valence-electron chi connectivity index (χ3n) is 3.21. The lowest BCUT2D eigenvalue weighted by Crippen LogP contribution is -2.06. The van der Waals surface area contributed by atoms with Crippen LogP contribution in [-0.4, -0.2) is 15.2 Å². The quantitative estimate of drug-likeness (QED) is 0.750. The van der Waals surface area contributed by atoms with Crippen molar-refractivity contribution >= 4 is 17.5 Å². The first kappa shape index (κ1) is 15.4. The van der Waals surface area contributed by atoms with Crippen LogP contribution in [-0.2, 0) is 6.54 Å². The van der Waals surface area contributed by atoms with Crippen LogP contribution in [0.25, 0.3) is 0 Å². The molecule has 0 saturated carbocycles. The van der Waals surface area contributed by atoms with Crippen molar-refractivity contribution in [2.45, 2.75) is 6.54 Å². The minimum absolute atomic E-state index is 0.273. The van der Waals surface area contributed by atoms with Gasteiger partial charge < -0.3 is 10.6 Å². The number of nitrogens with zero attached hydrogens (tertiary/aromatic N) is 4. The standard InChI is InChI=1S/C17H13FN6/c18-14-5-1-13(2-6-14)10-20-17-23-16(11-21-24-17)22-15-7-3-12(9-19)4-8-15/h1-8,11H,10H2,(H2,20,22,23,24). The predicted molar refractivity (Wildman–Crippen MR) is 88.0 cm³/mol. The number of nitriles is 1. The highest BCUT2D eigenvalue weighted by atomic mass is 19.1. The maximum atomic E-state index is 12.9. The number of rotatable bonds is 5. The lowest BCUT2D eigenvalue weighted by atomic mass is 10.2. The molecule has 118 valence electrons. The molecular formula is C17H13FN6. The van der Waals surface area contributed by atoms with E-state index in [0.717, 1.165) is 11.3 Å². The van der Waals surface area contributed by atoms with E-state index < -0.39 is 0 Å². The van der Waals surface area contributed by atoms with Crippen molar-refractivity contribution in [2.75, 3.05) is 10.6 Å². The first-order chi connectivity index (χ1) is 11.7. The summed E-state index contributed by atoms with van der Waals surface area (Å²) in [4.78, 5) is 4.31. The zero-order chi connectivity index (χ0) is 16.8. The van der Waals surface area contributed by atoms with E-state index in [-0.39, 0.29) is 5.82 Å². The predicted octanol–water partition coefficient (Wildman–Crippen LogP) is 3.24. The Labute approximate surface area is 138 Å². The smallest absolute Gasteiger partial charge is 0.244 e. The molecule has 0 atom stereocenters. The van der Waals surface area contributed by atoms with Crippen molar-refractivity contribution in [2.24, 2.45) is 0 Å². The van der Waals surface area contributed by atoms with Gasteiger partial charge in [-0.05, 0) is 42.0 Å². The molecule has 1 heterocycles. The van der Waals surface area contributed by atoms with Gasteiger partial charge in [0.2, 0.25) is 5.95 Å². The molecule has 0 saturated heterocycles. The Morgan fingerprint density at radius 1 is 1.04 bits per heavy atom. The highest BCUT2D eigenvalue weighted by Crippen LogP contribution is 2.15. The minimum Gasteiger partial charge on any atom is -0.349 e. The average Bonchev–Trinajstić information content (AvgIpc) is 2.62. The van der Waals surface area contributed by atoms with Crippen LogP contribution in [0, 0.1) is 17.1 Å². The van der Waals surface area contributed by atoms with Crippen molar-refractivity contribution in [3.8, 4) is 6.07 Å². The fourth-order valence-corrected chi connectivity index (χ4v) is 2.00. The molecule has 2 N–H and O–H groups in total. The summed E-state index contributed by atoms with van der Waals surface area (Å²) in [5.74, 6) is 0.611. The Hall–Kier alpha value is -3.53. The van der Waals surface area contributed by atoms with Gasteiger partial charge in [-0.1, -0.05) is 12.1 Å². The van der Waals surface area contributed by atoms with Crippen LogP contribution in [0.2, 0.25) is 0 Å². The molecule has 3 rings (SSSR count). The largest absolute Gasteiger partial charge is 0.349 e. The van der Waals surface area contributed by atoms with Crippen LogP contribution in [0.5, 0.6) is 0 Å². The molecule has 3 aromatic rings. The van der Waals surface area contributed by atoms with Crippen molar-refractivity contribution in [3.63, 3.8) is 0 Å². The van der Waals surface area contributed by atoms with E-state index in [0.29, 0.717) is 23.9 Å². The number of aromatic nitrogens is 3. The van der Waals surface area contributed by atoms with E-state index in [2.05, 4.69) is 31.9 Å². The number of hydrogen-bond acceptors (Lipinski definition) is 6. The molecule has 7 heteroatoms. The van der Waals surface area contributed by atoms with Crippen LogP contribution >= 0.6 is 0 Å². The second kappa shape index (κ2) is 7.15. The second-order valence-corrected chi connectivity index (χ2v) is 4.96. The van der Waals surface area contributed by atoms with Gasteiger partial charge in [0.05, 0.1) is 17.8 Å². The molecule has 0 bridgehead atoms. The van der Waals surface area contributed by atoms with Gasteiger partial charge in [0.25, 0.3) is 0 Å². The number of benzene rings is 2. The fourth-order valence-electron chi connectivity index (χ4n) is 2.00. The summed E-state index contributed by atoms with van der Waals surface area (Å²) >= 11 is 0. The van der Waals surface area contributed by atoms with Crippen molar-refractivity contribution in [1.82, 2.24) is 15.2 Å². The molecule has 24 heavy (non-hydrogen) atoms. The normalized spacial score (nSPS) is 10.0. The van der Waals surface area contributed by atoms with E-state index in [1.54, 1.807) is 36.4 Å². The Kier molecular flexibility index (Phi) is 4.58. The fraction of sp³-hybridized carbons (Fsp3) is 0.0588. The minimum atomic E-state index is -0.273. The number of anilines is 3. The first-order valence-corrected chi connectivity index (χ1v) is 7.18. The van der Waals surface area contributed by atoms with Gasteiger partial charge in [-0.25, -0.2) is 4.39 Å². The van der Waals surface area contributed by atoms with Crippen molar-refractivity contribution in [1.29, 1.82) is 5.26 Å². The highest BCUT2D eigenvalue weighted by molar-refractivity contribution is 5.57. The van der Waals surface area contributed by atoms with E-state index in [4.69, 9.17) is 5.26 Å². The summed E-state index contributed by atoms with van der Waals surface area (Å²) in [6.07, 6.45) is 1.50. The van der Waals surface area contributed by atoms with Crippen molar-refractivity contribution < 1.29 is 4.39 Å². The van der Waals surface area contributed by atoms with Gasteiger partial charge in [0.1, 0.15) is 5.82 Å². The van der Waals surface area contributed by atoms with Crippen LogP contribution in [0.1, 0.15) is 11.1 Å². The zero-order valence-corrected chi connectivity index (χ0v) is 12.6. The molecule has 0 aliphatic carbocycles. The second-order valence-electron chi connectivity index (χ2n) is 4.96. The molecular weight excluding hydrogens is 307 g/mol. The topological polar surface area (TPSA) is 86.5 Å². The molecule has 0 radical (unpaired) electrons. The summed E-state index contributed by atoms with van der Waals surface area (Å²) in [7, 11) is 0. The van der Waals surface area contributed by atoms with Gasteiger partial charge in [-0.2, -0.15) is 15.3 Å². The Balaban J connectivity index is 1.65. The molecule has 6 nitrogen and oxygen atoms in total. The Morgan fingerprint density at radius 2 is 1.79 bits per heavy atom. The van der Waals surface area contributed by atoms with E-state index in [1.165, 1.54) is 18.3 Å². The van der Waals surface area contributed by atoms with Gasteiger partial charge in [0.15, 0.2) is 5.82 Å². The zero-order valence-electron chi connectivity index (χ0n) is 12.6. The number of hydrogen-bond donors (Lipinski definition) is 2. The lowest BCUT2D eigenvalue weighted by Gasteiger charge is -2.08. The van der Waals surface area contributed by atoms with Crippen molar-refractivity contribution in [3.05, 3.63) is 71.7 Å². The summed E-state index contributed by atoms with van der Waals surface area (Å²) in [5.41, 5.74) is 2.28. The van der Waals surface area contributed by atoms with E-state index >= 15 is 0 Å². The molecule has 0 fully saturated rings. The first-order valence-electron chi connectivity index (χ1n) is 7.18. The maximum Gasteiger partial charge on any atom is 0.244 e. The third kappa shape index (κ3) is 4.01. The van der Waals surface area contributed by atoms with E-state index in [9.17, 15) is 4.39 Å². The monoisotopic (exact) mass is 320 g/mol. The maximum absolute atomic E-state index is 12.9. The van der Waals surface area contributed by atoms with Crippen LogP contribution in [0.4, 0.5) is 21.8 Å². The molecule has 1 aromatic heterocycles. The molecule has 0 amide bonds. The van der Waals surface area contributed by atoms with Crippen LogP contribution in [0.15, 0.2) is 54.7 Å². The molecule has 0 aliphatic rings. The van der Waals surface area contributed by atoms with Gasteiger partial charge in [-0.15, -0.1) is 5.10 Å². The number of halogens is 1. The molecule has 2 aromatic carbocycles. The lowest BCUT2D eigenvalue weighted by molar-refractivity contribution is 0.627. The Bertz CT molecular complexity index is 855. The SMILES string of the molecule is N#Cc1ccc(Nc2cnnc(NCc3ccc(F)cc3)n2)cc1. The number of nitrogens with one attached hydrogen (secondary N) is 2. The highest BCUT2D eigenvalue weighted by Gasteiger charge is 2.02. The summed E-state index contributed by atoms with van der Waals surface area (Å²) < 4.78 is 12.9. The summed E-state index contributed by atoms with van der Waals surface area (Å²) in [5, 5.41) is 22.7.